The van der Waals surface area contributed by atoms with Crippen LogP contribution < -0.4 is 24.3 Å². The molecule has 176 valence electrons. The van der Waals surface area contributed by atoms with Crippen molar-refractivity contribution in [2.45, 2.75) is 32.4 Å². The Hall–Kier alpha value is -2.36. The first kappa shape index (κ1) is 25.9. The zero-order valence-electron chi connectivity index (χ0n) is 19.3. The van der Waals surface area contributed by atoms with Crippen LogP contribution in [0.15, 0.2) is 47.5 Å². The molecule has 1 heterocycles. The van der Waals surface area contributed by atoms with Crippen LogP contribution in [0.1, 0.15) is 25.3 Å². The molecule has 0 amide bonds. The molecule has 2 aromatic carbocycles. The van der Waals surface area contributed by atoms with Crippen molar-refractivity contribution in [2.75, 3.05) is 41.0 Å². The summed E-state index contributed by atoms with van der Waals surface area (Å²) in [6.07, 6.45) is 2.14. The van der Waals surface area contributed by atoms with Crippen molar-refractivity contribution in [3.63, 3.8) is 0 Å². The summed E-state index contributed by atoms with van der Waals surface area (Å²) in [5, 5.41) is 3.41. The highest BCUT2D eigenvalue weighted by Gasteiger charge is 2.23. The molecule has 8 heteroatoms. The van der Waals surface area contributed by atoms with Crippen LogP contribution in [0, 0.1) is 0 Å². The van der Waals surface area contributed by atoms with Crippen LogP contribution >= 0.6 is 24.0 Å². The molecule has 0 atom stereocenters. The average Bonchev–Trinajstić information content (AvgIpc) is 2.82. The van der Waals surface area contributed by atoms with Gasteiger partial charge in [0.05, 0.1) is 27.9 Å². The van der Waals surface area contributed by atoms with E-state index in [1.54, 1.807) is 21.3 Å². The Morgan fingerprint density at radius 2 is 1.66 bits per heavy atom. The number of nitrogens with zero attached hydrogens (tertiary/aromatic N) is 2. The third kappa shape index (κ3) is 6.57. The van der Waals surface area contributed by atoms with Gasteiger partial charge in [-0.15, -0.1) is 24.0 Å². The van der Waals surface area contributed by atoms with Crippen molar-refractivity contribution in [1.82, 2.24) is 10.2 Å². The van der Waals surface area contributed by atoms with Crippen LogP contribution in [0.4, 0.5) is 0 Å². The van der Waals surface area contributed by atoms with E-state index in [0.717, 1.165) is 49.7 Å². The van der Waals surface area contributed by atoms with E-state index in [9.17, 15) is 0 Å². The van der Waals surface area contributed by atoms with Gasteiger partial charge in [-0.1, -0.05) is 18.2 Å². The first-order valence-electron chi connectivity index (χ1n) is 10.7. The second-order valence-corrected chi connectivity index (χ2v) is 7.28. The Labute approximate surface area is 208 Å². The summed E-state index contributed by atoms with van der Waals surface area (Å²) in [4.78, 5) is 7.16. The zero-order valence-corrected chi connectivity index (χ0v) is 21.6. The number of halogens is 1. The van der Waals surface area contributed by atoms with Gasteiger partial charge in [-0.2, -0.15) is 0 Å². The molecule has 32 heavy (non-hydrogen) atoms. The zero-order chi connectivity index (χ0) is 22.1. The van der Waals surface area contributed by atoms with Gasteiger partial charge in [-0.3, -0.25) is 0 Å². The van der Waals surface area contributed by atoms with Crippen LogP contribution in [0.2, 0.25) is 0 Å². The lowest BCUT2D eigenvalue weighted by molar-refractivity contribution is 0.129. The minimum Gasteiger partial charge on any atom is -0.493 e. The van der Waals surface area contributed by atoms with Gasteiger partial charge in [0.2, 0.25) is 5.75 Å². The second-order valence-electron chi connectivity index (χ2n) is 7.28. The molecule has 2 aromatic rings. The van der Waals surface area contributed by atoms with Crippen LogP contribution in [-0.4, -0.2) is 57.9 Å². The van der Waals surface area contributed by atoms with Gasteiger partial charge < -0.3 is 29.2 Å². The number of benzene rings is 2. The number of rotatable bonds is 8. The number of piperidine rings is 1. The fourth-order valence-electron chi connectivity index (χ4n) is 3.75. The van der Waals surface area contributed by atoms with E-state index in [-0.39, 0.29) is 30.1 Å². The summed E-state index contributed by atoms with van der Waals surface area (Å²) < 4.78 is 22.6. The molecule has 1 N–H and O–H groups in total. The van der Waals surface area contributed by atoms with Crippen LogP contribution in [0.25, 0.3) is 0 Å². The maximum Gasteiger partial charge on any atom is 0.203 e. The van der Waals surface area contributed by atoms with E-state index in [1.807, 2.05) is 42.5 Å². The van der Waals surface area contributed by atoms with Crippen molar-refractivity contribution in [3.05, 3.63) is 48.0 Å². The highest BCUT2D eigenvalue weighted by Crippen LogP contribution is 2.40. The lowest BCUT2D eigenvalue weighted by Crippen LogP contribution is -2.47. The highest BCUT2D eigenvalue weighted by atomic mass is 127. The molecule has 0 bridgehead atoms. The Kier molecular flexibility index (Phi) is 10.7. The molecule has 0 aromatic heterocycles. The minimum atomic E-state index is 0. The number of aliphatic imine (C=N–C) groups is 1. The molecule has 1 saturated heterocycles. The summed E-state index contributed by atoms with van der Waals surface area (Å²) in [7, 11) is 4.86. The monoisotopic (exact) mass is 555 g/mol. The quantitative estimate of drug-likeness (QED) is 0.297. The number of ether oxygens (including phenoxy) is 4. The van der Waals surface area contributed by atoms with E-state index in [4.69, 9.17) is 23.9 Å². The number of para-hydroxylation sites is 1. The number of methoxy groups -OCH3 is 3. The fraction of sp³-hybridized carbons (Fsp3) is 0.458. The Morgan fingerprint density at radius 1 is 0.969 bits per heavy atom. The number of guanidine groups is 1. The molecule has 0 radical (unpaired) electrons. The summed E-state index contributed by atoms with van der Waals surface area (Å²) >= 11 is 0. The third-order valence-electron chi connectivity index (χ3n) is 5.31. The summed E-state index contributed by atoms with van der Waals surface area (Å²) in [5.41, 5.74) is 0.942. The molecular formula is C24H34IN3O4. The van der Waals surface area contributed by atoms with Gasteiger partial charge in [0.1, 0.15) is 11.9 Å². The first-order valence-corrected chi connectivity index (χ1v) is 10.7. The van der Waals surface area contributed by atoms with Gasteiger partial charge in [-0.25, -0.2) is 4.99 Å². The van der Waals surface area contributed by atoms with Crippen molar-refractivity contribution < 1.29 is 18.9 Å². The number of hydrogen-bond donors (Lipinski definition) is 1. The topological polar surface area (TPSA) is 64.6 Å². The SMILES string of the molecule is CCNC(=NCc1ccc(OC)c(OC)c1OC)N1CCC(Oc2ccccc2)CC1.I. The normalized spacial score (nSPS) is 14.4. The number of likely N-dealkylation sites (tertiary alicyclic amines) is 1. The van der Waals surface area contributed by atoms with E-state index in [0.29, 0.717) is 23.8 Å². The second kappa shape index (κ2) is 13.2. The maximum absolute atomic E-state index is 6.12. The molecule has 0 spiro atoms. The minimum absolute atomic E-state index is 0. The van der Waals surface area contributed by atoms with Crippen molar-refractivity contribution in [3.8, 4) is 23.0 Å². The standard InChI is InChI=1S/C24H33N3O4.HI/c1-5-25-24(26-17-18-11-12-21(28-2)23(30-4)22(18)29-3)27-15-13-20(14-16-27)31-19-9-7-6-8-10-19;/h6-12,20H,5,13-17H2,1-4H3,(H,25,26);1H. The summed E-state index contributed by atoms with van der Waals surface area (Å²) in [5.74, 6) is 3.71. The van der Waals surface area contributed by atoms with E-state index in [2.05, 4.69) is 17.1 Å². The van der Waals surface area contributed by atoms with Gasteiger partial charge >= 0.3 is 0 Å². The third-order valence-corrected chi connectivity index (χ3v) is 5.31. The lowest BCUT2D eigenvalue weighted by Gasteiger charge is -2.34. The van der Waals surface area contributed by atoms with Gasteiger partial charge in [0, 0.05) is 38.0 Å². The van der Waals surface area contributed by atoms with Gasteiger partial charge in [0.15, 0.2) is 17.5 Å². The van der Waals surface area contributed by atoms with Gasteiger partial charge in [0.25, 0.3) is 0 Å². The summed E-state index contributed by atoms with van der Waals surface area (Å²) in [6, 6.07) is 13.9. The predicted molar refractivity (Wildman–Crippen MR) is 138 cm³/mol. The maximum atomic E-state index is 6.12. The van der Waals surface area contributed by atoms with E-state index < -0.39 is 0 Å². The average molecular weight is 555 g/mol. The largest absolute Gasteiger partial charge is 0.493 e. The predicted octanol–water partition coefficient (Wildman–Crippen LogP) is 4.34. The van der Waals surface area contributed by atoms with Crippen molar-refractivity contribution in [1.29, 1.82) is 0 Å². The molecular weight excluding hydrogens is 521 g/mol. The van der Waals surface area contributed by atoms with Crippen LogP contribution in [0.5, 0.6) is 23.0 Å². The Morgan fingerprint density at radius 3 is 2.25 bits per heavy atom. The molecule has 1 aliphatic heterocycles. The van der Waals surface area contributed by atoms with Gasteiger partial charge in [-0.05, 0) is 31.2 Å². The van der Waals surface area contributed by atoms with Crippen molar-refractivity contribution in [2.24, 2.45) is 4.99 Å². The summed E-state index contributed by atoms with van der Waals surface area (Å²) in [6.45, 7) is 5.16. The molecule has 7 nitrogen and oxygen atoms in total. The lowest BCUT2D eigenvalue weighted by atomic mass is 10.1. The smallest absolute Gasteiger partial charge is 0.203 e. The Bertz CT molecular complexity index is 856. The molecule has 0 aliphatic carbocycles. The molecule has 0 unspecified atom stereocenters. The van der Waals surface area contributed by atoms with E-state index >= 15 is 0 Å². The highest BCUT2D eigenvalue weighted by molar-refractivity contribution is 14.0. The number of hydrogen-bond acceptors (Lipinski definition) is 5. The number of nitrogens with one attached hydrogen (secondary N) is 1. The fourth-order valence-corrected chi connectivity index (χ4v) is 3.75. The first-order chi connectivity index (χ1) is 15.2. The molecule has 3 rings (SSSR count). The Balaban J connectivity index is 0.00000363. The van der Waals surface area contributed by atoms with E-state index in [1.165, 1.54) is 0 Å². The van der Waals surface area contributed by atoms with Crippen LogP contribution in [-0.2, 0) is 6.54 Å². The molecule has 0 saturated carbocycles. The molecule has 1 aliphatic rings. The molecule has 1 fully saturated rings. The van der Waals surface area contributed by atoms with Crippen LogP contribution in [0.3, 0.4) is 0 Å². The van der Waals surface area contributed by atoms with Crippen molar-refractivity contribution >= 4 is 29.9 Å².